The first-order chi connectivity index (χ1) is 11.7. The fourth-order valence-corrected chi connectivity index (χ4v) is 2.07. The zero-order valence-corrected chi connectivity index (χ0v) is 15.5. The van der Waals surface area contributed by atoms with Crippen molar-refractivity contribution in [3.8, 4) is 0 Å². The Morgan fingerprint density at radius 2 is 1.16 bits per heavy atom. The minimum atomic E-state index is -0.904. The molecule has 0 saturated carbocycles. The number of carboxylic acid groups (broad SMARTS) is 1. The number of amides is 1. The molecule has 0 unspecified atom stereocenters. The monoisotopic (exact) mass is 346 g/mol. The SMILES string of the molecule is CN.CNC(=O)c1cc(C)nc(C)c1.Cc1cc(C(=O)O)cc(C)n1. The van der Waals surface area contributed by atoms with Crippen LogP contribution in [0.3, 0.4) is 0 Å². The van der Waals surface area contributed by atoms with E-state index in [-0.39, 0.29) is 5.91 Å². The summed E-state index contributed by atoms with van der Waals surface area (Å²) in [5, 5.41) is 11.2. The third kappa shape index (κ3) is 8.03. The molecule has 2 aromatic heterocycles. The van der Waals surface area contributed by atoms with Gasteiger partial charge >= 0.3 is 5.97 Å². The van der Waals surface area contributed by atoms with Gasteiger partial charge in [0.15, 0.2) is 0 Å². The molecule has 1 amide bonds. The summed E-state index contributed by atoms with van der Waals surface area (Å²) in [7, 11) is 3.12. The summed E-state index contributed by atoms with van der Waals surface area (Å²) in [6.45, 7) is 7.30. The Balaban J connectivity index is 0.000000421. The first kappa shape index (κ1) is 22.2. The molecular weight excluding hydrogens is 320 g/mol. The topological polar surface area (TPSA) is 118 Å². The summed E-state index contributed by atoms with van der Waals surface area (Å²) in [6, 6.07) is 6.64. The van der Waals surface area contributed by atoms with Gasteiger partial charge in [0, 0.05) is 35.4 Å². The lowest BCUT2D eigenvalue weighted by atomic mass is 10.2. The maximum absolute atomic E-state index is 11.2. The maximum atomic E-state index is 11.2. The number of nitrogens with two attached hydrogens (primary N) is 1. The lowest BCUT2D eigenvalue weighted by molar-refractivity contribution is 0.0696. The van der Waals surface area contributed by atoms with Crippen molar-refractivity contribution >= 4 is 11.9 Å². The van der Waals surface area contributed by atoms with Gasteiger partial charge in [-0.3, -0.25) is 14.8 Å². The molecule has 0 spiro atoms. The summed E-state index contributed by atoms with van der Waals surface area (Å²) < 4.78 is 0. The third-order valence-electron chi connectivity index (χ3n) is 2.90. The Hall–Kier alpha value is -2.80. The van der Waals surface area contributed by atoms with E-state index in [1.807, 2.05) is 13.8 Å². The summed E-state index contributed by atoms with van der Waals surface area (Å²) in [5.74, 6) is -0.970. The smallest absolute Gasteiger partial charge is 0.335 e. The Labute approximate surface area is 148 Å². The van der Waals surface area contributed by atoms with E-state index < -0.39 is 5.97 Å². The maximum Gasteiger partial charge on any atom is 0.335 e. The van der Waals surface area contributed by atoms with Crippen LogP contribution in [-0.2, 0) is 0 Å². The number of aromatic nitrogens is 2. The van der Waals surface area contributed by atoms with Crippen molar-refractivity contribution in [1.29, 1.82) is 0 Å². The van der Waals surface area contributed by atoms with Gasteiger partial charge in [0.1, 0.15) is 0 Å². The van der Waals surface area contributed by atoms with Crippen LogP contribution in [0.4, 0.5) is 0 Å². The van der Waals surface area contributed by atoms with E-state index in [0.29, 0.717) is 11.1 Å². The van der Waals surface area contributed by atoms with E-state index in [0.717, 1.165) is 22.8 Å². The van der Waals surface area contributed by atoms with E-state index in [2.05, 4.69) is 21.0 Å². The second-order valence-corrected chi connectivity index (χ2v) is 5.16. The Bertz CT molecular complexity index is 690. The van der Waals surface area contributed by atoms with E-state index in [9.17, 15) is 9.59 Å². The highest BCUT2D eigenvalue weighted by Crippen LogP contribution is 2.04. The van der Waals surface area contributed by atoms with Gasteiger partial charge in [-0.15, -0.1) is 0 Å². The average Bonchev–Trinajstić information content (AvgIpc) is 2.54. The van der Waals surface area contributed by atoms with Gasteiger partial charge in [-0.1, -0.05) is 0 Å². The molecule has 7 heteroatoms. The molecule has 0 aliphatic carbocycles. The average molecular weight is 346 g/mol. The normalized spacial score (nSPS) is 9.08. The van der Waals surface area contributed by atoms with Crippen LogP contribution in [0.5, 0.6) is 0 Å². The standard InChI is InChI=1S/C9H12N2O.C8H9NO2.CH5N/c1-6-4-8(9(12)10-3)5-7(2)11-6;1-5-3-7(8(10)11)4-6(2)9-5;1-2/h4-5H,1-3H3,(H,10,12);3-4H,1-2H3,(H,10,11);2H2,1H3. The number of nitrogens with one attached hydrogen (secondary N) is 1. The minimum absolute atomic E-state index is 0.0661. The van der Waals surface area contributed by atoms with Crippen molar-refractivity contribution in [3.63, 3.8) is 0 Å². The molecule has 2 rings (SSSR count). The molecule has 136 valence electrons. The Kier molecular flexibility index (Phi) is 9.66. The predicted molar refractivity (Wildman–Crippen MR) is 97.9 cm³/mol. The molecule has 0 aromatic carbocycles. The van der Waals surface area contributed by atoms with Gasteiger partial charge in [-0.2, -0.15) is 0 Å². The lowest BCUT2D eigenvalue weighted by Gasteiger charge is -2.01. The van der Waals surface area contributed by atoms with Crippen LogP contribution in [0.1, 0.15) is 43.5 Å². The number of aromatic carboxylic acids is 1. The number of carbonyl (C=O) groups excluding carboxylic acids is 1. The quantitative estimate of drug-likeness (QED) is 0.765. The fraction of sp³-hybridized carbons (Fsp3) is 0.333. The Morgan fingerprint density at radius 3 is 1.44 bits per heavy atom. The van der Waals surface area contributed by atoms with Crippen LogP contribution < -0.4 is 11.1 Å². The Morgan fingerprint density at radius 1 is 0.840 bits per heavy atom. The number of carbonyl (C=O) groups is 2. The van der Waals surface area contributed by atoms with Gasteiger partial charge in [0.2, 0.25) is 0 Å². The first-order valence-electron chi connectivity index (χ1n) is 7.66. The zero-order chi connectivity index (χ0) is 19.6. The molecule has 4 N–H and O–H groups in total. The van der Waals surface area contributed by atoms with Gasteiger partial charge in [0.25, 0.3) is 5.91 Å². The number of nitrogens with zero attached hydrogens (tertiary/aromatic N) is 2. The van der Waals surface area contributed by atoms with Crippen LogP contribution in [0.2, 0.25) is 0 Å². The minimum Gasteiger partial charge on any atom is -0.478 e. The van der Waals surface area contributed by atoms with E-state index in [4.69, 9.17) is 5.11 Å². The first-order valence-corrected chi connectivity index (χ1v) is 7.66. The summed E-state index contributed by atoms with van der Waals surface area (Å²) >= 11 is 0. The van der Waals surface area contributed by atoms with Crippen LogP contribution in [0.15, 0.2) is 24.3 Å². The molecule has 7 nitrogen and oxygen atoms in total. The third-order valence-corrected chi connectivity index (χ3v) is 2.90. The molecule has 0 radical (unpaired) electrons. The molecule has 0 saturated heterocycles. The predicted octanol–water partition coefficient (Wildman–Crippen LogP) is 2.03. The molecule has 0 aliphatic heterocycles. The highest BCUT2D eigenvalue weighted by atomic mass is 16.4. The van der Waals surface area contributed by atoms with Gasteiger partial charge in [-0.25, -0.2) is 4.79 Å². The number of hydrogen-bond acceptors (Lipinski definition) is 5. The largest absolute Gasteiger partial charge is 0.478 e. The van der Waals surface area contributed by atoms with E-state index in [1.54, 1.807) is 45.2 Å². The zero-order valence-electron chi connectivity index (χ0n) is 15.5. The van der Waals surface area contributed by atoms with Gasteiger partial charge < -0.3 is 16.2 Å². The lowest BCUT2D eigenvalue weighted by Crippen LogP contribution is -2.18. The number of rotatable bonds is 2. The molecule has 2 heterocycles. The van der Waals surface area contributed by atoms with E-state index in [1.165, 1.54) is 7.05 Å². The van der Waals surface area contributed by atoms with Crippen molar-refractivity contribution in [1.82, 2.24) is 15.3 Å². The van der Waals surface area contributed by atoms with Gasteiger partial charge in [-0.05, 0) is 59.0 Å². The second-order valence-electron chi connectivity index (χ2n) is 5.16. The van der Waals surface area contributed by atoms with Crippen LogP contribution in [-0.4, -0.2) is 41.0 Å². The van der Waals surface area contributed by atoms with Crippen LogP contribution in [0, 0.1) is 27.7 Å². The summed E-state index contributed by atoms with van der Waals surface area (Å²) in [4.78, 5) is 29.9. The molecule has 0 bridgehead atoms. The van der Waals surface area contributed by atoms with Crippen LogP contribution in [0.25, 0.3) is 0 Å². The number of pyridine rings is 2. The number of carboxylic acids is 1. The summed E-state index contributed by atoms with van der Waals surface area (Å²) in [5.41, 5.74) is 8.68. The number of hydrogen-bond donors (Lipinski definition) is 3. The summed E-state index contributed by atoms with van der Waals surface area (Å²) in [6.07, 6.45) is 0. The van der Waals surface area contributed by atoms with Crippen molar-refractivity contribution < 1.29 is 14.7 Å². The van der Waals surface area contributed by atoms with Crippen molar-refractivity contribution in [2.75, 3.05) is 14.1 Å². The van der Waals surface area contributed by atoms with Crippen molar-refractivity contribution in [3.05, 3.63) is 58.2 Å². The van der Waals surface area contributed by atoms with Gasteiger partial charge in [0.05, 0.1) is 5.56 Å². The fourth-order valence-electron chi connectivity index (χ4n) is 2.07. The highest BCUT2D eigenvalue weighted by Gasteiger charge is 2.04. The van der Waals surface area contributed by atoms with Crippen LogP contribution >= 0.6 is 0 Å². The van der Waals surface area contributed by atoms with Crippen molar-refractivity contribution in [2.24, 2.45) is 5.73 Å². The molecule has 25 heavy (non-hydrogen) atoms. The second kappa shape index (κ2) is 10.9. The molecular formula is C18H26N4O3. The van der Waals surface area contributed by atoms with Crippen molar-refractivity contribution in [2.45, 2.75) is 27.7 Å². The van der Waals surface area contributed by atoms with E-state index >= 15 is 0 Å². The molecule has 0 atom stereocenters. The highest BCUT2D eigenvalue weighted by molar-refractivity contribution is 5.94. The number of aryl methyl sites for hydroxylation is 4. The molecule has 0 aliphatic rings. The molecule has 2 aromatic rings. The molecule has 0 fully saturated rings.